The first-order valence-corrected chi connectivity index (χ1v) is 10.8. The molecule has 0 amide bonds. The molecule has 0 radical (unpaired) electrons. The standard InChI is InChI=1S/C19H19ClN4O6S/c1-27-18(26)8-2-9(31-7-8)4-21-16-10(20)3-11-17(23-16)24-19(22-11)30-13-6-29-14-12(25)5-28-15(13)14/h2-3,7,12-15,25H,4-6H2,1H3,(H2,21,22,23,24)/t12-,13-,14-,15-/m1/s1. The van der Waals surface area contributed by atoms with Gasteiger partial charge in [0.2, 0.25) is 0 Å². The van der Waals surface area contributed by atoms with E-state index in [4.69, 9.17) is 30.5 Å². The molecule has 0 aromatic carbocycles. The first-order valence-electron chi connectivity index (χ1n) is 9.55. The number of methoxy groups -OCH3 is 1. The van der Waals surface area contributed by atoms with E-state index in [9.17, 15) is 9.90 Å². The number of hydrogen-bond donors (Lipinski definition) is 3. The Bertz CT molecular complexity index is 1120. The molecule has 3 N–H and O–H groups in total. The molecule has 0 saturated carbocycles. The lowest BCUT2D eigenvalue weighted by Crippen LogP contribution is -2.34. The summed E-state index contributed by atoms with van der Waals surface area (Å²) in [6.07, 6.45) is -1.73. The minimum absolute atomic E-state index is 0.229. The van der Waals surface area contributed by atoms with Crippen LogP contribution in [-0.4, -0.2) is 70.8 Å². The van der Waals surface area contributed by atoms with Crippen LogP contribution in [0, 0.1) is 0 Å². The van der Waals surface area contributed by atoms with Crippen LogP contribution in [0.3, 0.4) is 0 Å². The van der Waals surface area contributed by atoms with Gasteiger partial charge in [-0.2, -0.15) is 4.98 Å². The Morgan fingerprint density at radius 3 is 3.03 bits per heavy atom. The van der Waals surface area contributed by atoms with Gasteiger partial charge in [0.15, 0.2) is 11.8 Å². The largest absolute Gasteiger partial charge is 0.465 e. The minimum Gasteiger partial charge on any atom is -0.465 e. The lowest BCUT2D eigenvalue weighted by molar-refractivity contribution is 0.00706. The molecule has 5 rings (SSSR count). The van der Waals surface area contributed by atoms with E-state index in [0.29, 0.717) is 40.7 Å². The number of H-pyrrole nitrogens is 1. The monoisotopic (exact) mass is 466 g/mol. The third-order valence-electron chi connectivity index (χ3n) is 5.15. The number of esters is 1. The Kier molecular flexibility index (Phi) is 5.44. The van der Waals surface area contributed by atoms with Crippen LogP contribution in [0.4, 0.5) is 5.82 Å². The summed E-state index contributed by atoms with van der Waals surface area (Å²) >= 11 is 7.80. The third-order valence-corrected chi connectivity index (χ3v) is 6.38. The number of hydrogen-bond acceptors (Lipinski definition) is 10. The summed E-state index contributed by atoms with van der Waals surface area (Å²) in [5.74, 6) is 0.0902. The highest BCUT2D eigenvalue weighted by Gasteiger charge is 2.48. The molecular formula is C19H19ClN4O6S. The molecule has 4 atom stereocenters. The summed E-state index contributed by atoms with van der Waals surface area (Å²) in [5.41, 5.74) is 1.56. The molecule has 3 aromatic heterocycles. The molecule has 0 bridgehead atoms. The van der Waals surface area contributed by atoms with E-state index in [2.05, 4.69) is 20.3 Å². The zero-order valence-electron chi connectivity index (χ0n) is 16.3. The summed E-state index contributed by atoms with van der Waals surface area (Å²) in [6, 6.07) is 3.75. The van der Waals surface area contributed by atoms with Gasteiger partial charge in [-0.05, 0) is 12.1 Å². The second kappa shape index (κ2) is 8.24. The molecule has 5 heterocycles. The van der Waals surface area contributed by atoms with Gasteiger partial charge >= 0.3 is 5.97 Å². The highest BCUT2D eigenvalue weighted by Crippen LogP contribution is 2.31. The Morgan fingerprint density at radius 1 is 1.35 bits per heavy atom. The van der Waals surface area contributed by atoms with Crippen molar-refractivity contribution in [1.29, 1.82) is 0 Å². The number of carbonyl (C=O) groups excluding carboxylic acids is 1. The van der Waals surface area contributed by atoms with Gasteiger partial charge in [0, 0.05) is 10.3 Å². The smallest absolute Gasteiger partial charge is 0.338 e. The number of anilines is 1. The van der Waals surface area contributed by atoms with Gasteiger partial charge in [-0.1, -0.05) is 11.6 Å². The maximum Gasteiger partial charge on any atom is 0.338 e. The third kappa shape index (κ3) is 3.94. The quantitative estimate of drug-likeness (QED) is 0.467. The maximum absolute atomic E-state index is 11.6. The topological polar surface area (TPSA) is 128 Å². The van der Waals surface area contributed by atoms with Gasteiger partial charge in [-0.25, -0.2) is 9.78 Å². The molecule has 31 heavy (non-hydrogen) atoms. The van der Waals surface area contributed by atoms with E-state index in [-0.39, 0.29) is 36.9 Å². The van der Waals surface area contributed by atoms with Crippen molar-refractivity contribution in [2.75, 3.05) is 25.6 Å². The fraction of sp³-hybridized carbons (Fsp3) is 0.421. The van der Waals surface area contributed by atoms with Crippen LogP contribution in [0.5, 0.6) is 6.01 Å². The predicted molar refractivity (Wildman–Crippen MR) is 112 cm³/mol. The van der Waals surface area contributed by atoms with Gasteiger partial charge in [-0.15, -0.1) is 11.3 Å². The molecule has 0 spiro atoms. The van der Waals surface area contributed by atoms with Crippen molar-refractivity contribution in [3.63, 3.8) is 0 Å². The van der Waals surface area contributed by atoms with Crippen molar-refractivity contribution in [1.82, 2.24) is 15.0 Å². The van der Waals surface area contributed by atoms with Crippen molar-refractivity contribution < 1.29 is 28.8 Å². The number of thiophene rings is 1. The zero-order valence-corrected chi connectivity index (χ0v) is 17.9. The Labute approximate surface area is 185 Å². The van der Waals surface area contributed by atoms with Crippen LogP contribution in [-0.2, 0) is 20.8 Å². The van der Waals surface area contributed by atoms with Crippen LogP contribution in [0.1, 0.15) is 15.2 Å². The van der Waals surface area contributed by atoms with Crippen LogP contribution in [0.25, 0.3) is 11.2 Å². The number of halogens is 1. The first kappa shape index (κ1) is 20.5. The molecule has 2 aliphatic rings. The number of nitrogens with one attached hydrogen (secondary N) is 2. The Morgan fingerprint density at radius 2 is 2.19 bits per heavy atom. The predicted octanol–water partition coefficient (Wildman–Crippen LogP) is 1.98. The van der Waals surface area contributed by atoms with E-state index >= 15 is 0 Å². The average Bonchev–Trinajstić information content (AvgIpc) is 3.52. The van der Waals surface area contributed by atoms with Crippen molar-refractivity contribution in [3.8, 4) is 6.01 Å². The summed E-state index contributed by atoms with van der Waals surface area (Å²) in [6.45, 7) is 0.974. The second-order valence-corrected chi connectivity index (χ2v) is 8.60. The lowest BCUT2D eigenvalue weighted by Gasteiger charge is -2.15. The van der Waals surface area contributed by atoms with Crippen LogP contribution in [0.2, 0.25) is 5.02 Å². The number of rotatable bonds is 6. The number of aliphatic hydroxyl groups is 1. The SMILES string of the molecule is COC(=O)c1csc(CNc2nc3nc(O[C@@H]4CO[C@H]5[C@@H]4OC[C@H]5O)[nH]c3cc2Cl)c1. The van der Waals surface area contributed by atoms with Crippen LogP contribution < -0.4 is 10.1 Å². The number of imidazole rings is 1. The van der Waals surface area contributed by atoms with Gasteiger partial charge in [0.25, 0.3) is 6.01 Å². The first-order chi connectivity index (χ1) is 15.0. The van der Waals surface area contributed by atoms with E-state index in [1.165, 1.54) is 18.4 Å². The van der Waals surface area contributed by atoms with Crippen molar-refractivity contribution in [2.24, 2.45) is 0 Å². The van der Waals surface area contributed by atoms with Crippen molar-refractivity contribution in [3.05, 3.63) is 33.0 Å². The number of pyridine rings is 1. The number of aromatic amines is 1. The Hall–Kier alpha value is -2.44. The molecule has 0 unspecified atom stereocenters. The zero-order chi connectivity index (χ0) is 21.5. The molecule has 0 aliphatic carbocycles. The summed E-state index contributed by atoms with van der Waals surface area (Å²) in [4.78, 5) is 24.4. The molecule has 12 heteroatoms. The van der Waals surface area contributed by atoms with Crippen LogP contribution >= 0.6 is 22.9 Å². The van der Waals surface area contributed by atoms with Gasteiger partial charge < -0.3 is 34.4 Å². The minimum atomic E-state index is -0.643. The summed E-state index contributed by atoms with van der Waals surface area (Å²) in [5, 5.41) is 15.2. The molecule has 3 aromatic rings. The molecular weight excluding hydrogens is 448 g/mol. The summed E-state index contributed by atoms with van der Waals surface area (Å²) in [7, 11) is 1.35. The molecule has 10 nitrogen and oxygen atoms in total. The van der Waals surface area contributed by atoms with Gasteiger partial charge in [0.1, 0.15) is 24.1 Å². The highest BCUT2D eigenvalue weighted by atomic mass is 35.5. The Balaban J connectivity index is 1.28. The fourth-order valence-electron chi connectivity index (χ4n) is 3.63. The molecule has 2 aliphatic heterocycles. The van der Waals surface area contributed by atoms with E-state index < -0.39 is 6.10 Å². The lowest BCUT2D eigenvalue weighted by atomic mass is 10.1. The fourth-order valence-corrected chi connectivity index (χ4v) is 4.64. The number of carbonyl (C=O) groups is 1. The van der Waals surface area contributed by atoms with E-state index in [0.717, 1.165) is 4.88 Å². The number of nitrogens with zero attached hydrogens (tertiary/aromatic N) is 2. The average molecular weight is 467 g/mol. The number of ether oxygens (including phenoxy) is 4. The van der Waals surface area contributed by atoms with E-state index in [1.807, 2.05) is 0 Å². The molecule has 2 saturated heterocycles. The molecule has 164 valence electrons. The number of aliphatic hydroxyl groups excluding tert-OH is 1. The van der Waals surface area contributed by atoms with Crippen LogP contribution in [0.15, 0.2) is 17.5 Å². The summed E-state index contributed by atoms with van der Waals surface area (Å²) < 4.78 is 21.7. The highest BCUT2D eigenvalue weighted by molar-refractivity contribution is 7.10. The van der Waals surface area contributed by atoms with E-state index in [1.54, 1.807) is 17.5 Å². The van der Waals surface area contributed by atoms with Gasteiger partial charge in [0.05, 0.1) is 43.0 Å². The second-order valence-electron chi connectivity index (χ2n) is 7.20. The van der Waals surface area contributed by atoms with Crippen molar-refractivity contribution in [2.45, 2.75) is 31.0 Å². The molecule has 2 fully saturated rings. The number of fused-ring (bicyclic) bond motifs is 2. The normalized spacial score (nSPS) is 25.0. The van der Waals surface area contributed by atoms with Gasteiger partial charge in [-0.3, -0.25) is 0 Å². The van der Waals surface area contributed by atoms with Crippen molar-refractivity contribution >= 4 is 45.9 Å². The maximum atomic E-state index is 11.6. The number of aromatic nitrogens is 3.